The predicted octanol–water partition coefficient (Wildman–Crippen LogP) is 0.725. The lowest BCUT2D eigenvalue weighted by molar-refractivity contribution is -0.138. The lowest BCUT2D eigenvalue weighted by Crippen LogP contribution is -2.50. The second-order valence-corrected chi connectivity index (χ2v) is 5.31. The number of hydrogen-bond acceptors (Lipinski definition) is 6. The summed E-state index contributed by atoms with van der Waals surface area (Å²) in [6.45, 7) is 7.96. The number of methoxy groups -OCH3 is 1. The predicted molar refractivity (Wildman–Crippen MR) is 78.5 cm³/mol. The average Bonchev–Trinajstić information content (AvgIpc) is 2.89. The van der Waals surface area contributed by atoms with Gasteiger partial charge in [-0.2, -0.15) is 4.98 Å². The molecule has 0 saturated carbocycles. The molecule has 22 heavy (non-hydrogen) atoms. The van der Waals surface area contributed by atoms with Crippen molar-refractivity contribution in [2.45, 2.75) is 46.9 Å². The number of hydrogen-bond donors (Lipinski definition) is 1. The third kappa shape index (κ3) is 5.10. The Balaban J connectivity index is 2.79. The van der Waals surface area contributed by atoms with Crippen LogP contribution < -0.4 is 5.32 Å². The van der Waals surface area contributed by atoms with Gasteiger partial charge < -0.3 is 19.5 Å². The van der Waals surface area contributed by atoms with Crippen molar-refractivity contribution in [3.63, 3.8) is 0 Å². The monoisotopic (exact) mass is 312 g/mol. The van der Waals surface area contributed by atoms with Gasteiger partial charge >= 0.3 is 0 Å². The fourth-order valence-corrected chi connectivity index (χ4v) is 1.98. The van der Waals surface area contributed by atoms with E-state index in [0.29, 0.717) is 18.3 Å². The van der Waals surface area contributed by atoms with Gasteiger partial charge in [-0.15, -0.1) is 0 Å². The number of aromatic nitrogens is 2. The van der Waals surface area contributed by atoms with Gasteiger partial charge in [0.25, 0.3) is 0 Å². The van der Waals surface area contributed by atoms with Gasteiger partial charge in [0.2, 0.25) is 17.7 Å². The number of carbonyl (C=O) groups is 2. The summed E-state index contributed by atoms with van der Waals surface area (Å²) in [6.07, 6.45) is 0. The number of rotatable bonds is 8. The van der Waals surface area contributed by atoms with Crippen molar-refractivity contribution in [2.75, 3.05) is 13.7 Å². The summed E-state index contributed by atoms with van der Waals surface area (Å²) in [5.41, 5.74) is 0. The Kier molecular flexibility index (Phi) is 6.97. The normalized spacial score (nSPS) is 12.3. The van der Waals surface area contributed by atoms with Crippen LogP contribution in [0.2, 0.25) is 0 Å². The van der Waals surface area contributed by atoms with E-state index in [-0.39, 0.29) is 30.9 Å². The molecule has 0 aromatic carbocycles. The molecule has 8 nitrogen and oxygen atoms in total. The first-order valence-electron chi connectivity index (χ1n) is 7.25. The molecule has 0 bridgehead atoms. The van der Waals surface area contributed by atoms with Crippen LogP contribution in [0.5, 0.6) is 0 Å². The van der Waals surface area contributed by atoms with Gasteiger partial charge in [0.1, 0.15) is 19.2 Å². The van der Waals surface area contributed by atoms with Gasteiger partial charge in [0.05, 0.1) is 0 Å². The number of likely N-dealkylation sites (N-methyl/N-ethyl adjacent to an activating group) is 1. The first kappa shape index (κ1) is 18.1. The minimum Gasteiger partial charge on any atom is -0.377 e. The molecule has 2 amide bonds. The number of ether oxygens (including phenoxy) is 1. The van der Waals surface area contributed by atoms with Crippen molar-refractivity contribution >= 4 is 11.8 Å². The fourth-order valence-electron chi connectivity index (χ4n) is 1.98. The Morgan fingerprint density at radius 2 is 2.09 bits per heavy atom. The van der Waals surface area contributed by atoms with E-state index < -0.39 is 6.04 Å². The van der Waals surface area contributed by atoms with E-state index in [2.05, 4.69) is 15.5 Å². The Morgan fingerprint density at radius 3 is 2.59 bits per heavy atom. The second kappa shape index (κ2) is 8.47. The third-order valence-electron chi connectivity index (χ3n) is 3.09. The van der Waals surface area contributed by atoms with Crippen LogP contribution in [-0.2, 0) is 27.5 Å². The molecule has 8 heteroatoms. The van der Waals surface area contributed by atoms with Crippen LogP contribution in [0.25, 0.3) is 0 Å². The van der Waals surface area contributed by atoms with Gasteiger partial charge in [-0.1, -0.05) is 19.0 Å². The van der Waals surface area contributed by atoms with E-state index in [9.17, 15) is 9.59 Å². The number of amides is 2. The van der Waals surface area contributed by atoms with Crippen molar-refractivity contribution in [1.82, 2.24) is 20.4 Å². The van der Waals surface area contributed by atoms with Crippen molar-refractivity contribution in [3.8, 4) is 0 Å². The van der Waals surface area contributed by atoms with Crippen LogP contribution in [0, 0.1) is 5.92 Å². The summed E-state index contributed by atoms with van der Waals surface area (Å²) in [5, 5.41) is 6.45. The van der Waals surface area contributed by atoms with Crippen LogP contribution in [0.1, 0.15) is 39.4 Å². The molecule has 1 atom stereocenters. The molecule has 1 heterocycles. The number of nitrogens with zero attached hydrogens (tertiary/aromatic N) is 3. The lowest BCUT2D eigenvalue weighted by Gasteiger charge is -2.27. The quantitative estimate of drug-likeness (QED) is 0.760. The van der Waals surface area contributed by atoms with Crippen molar-refractivity contribution in [1.29, 1.82) is 0 Å². The molecule has 1 N–H and O–H groups in total. The maximum atomic E-state index is 12.6. The van der Waals surface area contributed by atoms with Crippen LogP contribution in [0.15, 0.2) is 4.52 Å². The highest BCUT2D eigenvalue weighted by Gasteiger charge is 2.28. The molecule has 0 radical (unpaired) electrons. The zero-order valence-corrected chi connectivity index (χ0v) is 13.8. The van der Waals surface area contributed by atoms with E-state index in [1.807, 2.05) is 20.8 Å². The molecule has 0 spiro atoms. The van der Waals surface area contributed by atoms with E-state index in [0.717, 1.165) is 0 Å². The highest BCUT2D eigenvalue weighted by atomic mass is 16.5. The van der Waals surface area contributed by atoms with Crippen molar-refractivity contribution in [2.24, 2.45) is 5.92 Å². The Labute approximate surface area is 130 Å². The zero-order valence-electron chi connectivity index (χ0n) is 13.8. The van der Waals surface area contributed by atoms with Gasteiger partial charge in [-0.05, 0) is 12.8 Å². The molecule has 1 rings (SSSR count). The van der Waals surface area contributed by atoms with Gasteiger partial charge in [0.15, 0.2) is 5.82 Å². The maximum absolute atomic E-state index is 12.6. The molecule has 0 fully saturated rings. The second-order valence-electron chi connectivity index (χ2n) is 5.31. The SMILES string of the molecule is CCN(Cc1nc(COC)no1)C(=O)[C@@H](NC(C)=O)C(C)C. The highest BCUT2D eigenvalue weighted by molar-refractivity contribution is 5.87. The summed E-state index contributed by atoms with van der Waals surface area (Å²) >= 11 is 0. The molecular weight excluding hydrogens is 288 g/mol. The largest absolute Gasteiger partial charge is 0.377 e. The zero-order chi connectivity index (χ0) is 16.7. The van der Waals surface area contributed by atoms with E-state index in [1.165, 1.54) is 6.92 Å². The third-order valence-corrected chi connectivity index (χ3v) is 3.09. The first-order chi connectivity index (χ1) is 10.4. The molecule has 0 aliphatic rings. The molecule has 1 aromatic rings. The summed E-state index contributed by atoms with van der Waals surface area (Å²) < 4.78 is 10.0. The number of nitrogens with one attached hydrogen (secondary N) is 1. The minimum absolute atomic E-state index is 0.0165. The van der Waals surface area contributed by atoms with E-state index in [1.54, 1.807) is 12.0 Å². The standard InChI is InChI=1S/C14H24N4O4/c1-6-18(7-12-16-11(8-21-5)17-22-12)14(20)13(9(2)3)15-10(4)19/h9,13H,6-8H2,1-5H3,(H,15,19)/t13-/m0/s1. The molecule has 124 valence electrons. The molecule has 1 aromatic heterocycles. The molecule has 0 unspecified atom stereocenters. The van der Waals surface area contributed by atoms with E-state index in [4.69, 9.17) is 9.26 Å². The lowest BCUT2D eigenvalue weighted by atomic mass is 10.0. The smallest absolute Gasteiger partial charge is 0.246 e. The van der Waals surface area contributed by atoms with Crippen LogP contribution in [0.4, 0.5) is 0 Å². The summed E-state index contributed by atoms with van der Waals surface area (Å²) in [5.74, 6) is 0.357. The summed E-state index contributed by atoms with van der Waals surface area (Å²) in [6, 6.07) is -0.571. The molecule has 0 aliphatic heterocycles. The Bertz CT molecular complexity index is 501. The first-order valence-corrected chi connectivity index (χ1v) is 7.25. The minimum atomic E-state index is -0.571. The Hall–Kier alpha value is -1.96. The summed E-state index contributed by atoms with van der Waals surface area (Å²) in [7, 11) is 1.54. The van der Waals surface area contributed by atoms with Crippen LogP contribution in [-0.4, -0.2) is 46.6 Å². The highest BCUT2D eigenvalue weighted by Crippen LogP contribution is 2.10. The fraction of sp³-hybridized carbons (Fsp3) is 0.714. The van der Waals surface area contributed by atoms with Crippen molar-refractivity contribution < 1.29 is 18.8 Å². The number of carbonyl (C=O) groups excluding carboxylic acids is 2. The molecule has 0 aliphatic carbocycles. The average molecular weight is 312 g/mol. The van der Waals surface area contributed by atoms with Crippen LogP contribution >= 0.6 is 0 Å². The topological polar surface area (TPSA) is 97.6 Å². The van der Waals surface area contributed by atoms with Gasteiger partial charge in [-0.3, -0.25) is 9.59 Å². The molecule has 0 saturated heterocycles. The Morgan fingerprint density at radius 1 is 1.41 bits per heavy atom. The van der Waals surface area contributed by atoms with Gasteiger partial charge in [-0.25, -0.2) is 0 Å². The van der Waals surface area contributed by atoms with Crippen molar-refractivity contribution in [3.05, 3.63) is 11.7 Å². The maximum Gasteiger partial charge on any atom is 0.246 e. The van der Waals surface area contributed by atoms with E-state index >= 15 is 0 Å². The summed E-state index contributed by atoms with van der Waals surface area (Å²) in [4.78, 5) is 29.6. The van der Waals surface area contributed by atoms with Crippen LogP contribution in [0.3, 0.4) is 0 Å². The van der Waals surface area contributed by atoms with Gasteiger partial charge in [0, 0.05) is 20.6 Å². The molecular formula is C14H24N4O4.